The van der Waals surface area contributed by atoms with E-state index in [0.717, 1.165) is 4.88 Å². The minimum atomic E-state index is -1.01. The lowest BCUT2D eigenvalue weighted by Crippen LogP contribution is -1.96. The fourth-order valence-electron chi connectivity index (χ4n) is 1.58. The van der Waals surface area contributed by atoms with Crippen molar-refractivity contribution in [3.8, 4) is 10.7 Å². The van der Waals surface area contributed by atoms with Gasteiger partial charge < -0.3 is 10.1 Å². The molecule has 90 valence electrons. The maximum atomic E-state index is 10.8. The molecule has 7 heteroatoms. The summed E-state index contributed by atoms with van der Waals surface area (Å²) in [5, 5.41) is 8.88. The molecule has 2 N–H and O–H groups in total. The maximum Gasteiger partial charge on any atom is 0.337 e. The van der Waals surface area contributed by atoms with Crippen molar-refractivity contribution >= 4 is 40.1 Å². The van der Waals surface area contributed by atoms with E-state index in [0.29, 0.717) is 21.3 Å². The highest BCUT2D eigenvalue weighted by molar-refractivity contribution is 7.19. The first kappa shape index (κ1) is 11.2. The van der Waals surface area contributed by atoms with Gasteiger partial charge in [-0.25, -0.2) is 14.8 Å². The summed E-state index contributed by atoms with van der Waals surface area (Å²) in [7, 11) is 0. The Bertz CT molecular complexity index is 750. The zero-order chi connectivity index (χ0) is 12.7. The van der Waals surface area contributed by atoms with Gasteiger partial charge in [0.1, 0.15) is 0 Å². The third-order valence-electron chi connectivity index (χ3n) is 2.39. The molecule has 0 bridgehead atoms. The number of H-pyrrole nitrogens is 1. The molecule has 3 aromatic heterocycles. The number of pyridine rings is 1. The van der Waals surface area contributed by atoms with Gasteiger partial charge in [-0.1, -0.05) is 11.6 Å². The van der Waals surface area contributed by atoms with E-state index in [4.69, 9.17) is 16.7 Å². The molecule has 0 radical (unpaired) electrons. The van der Waals surface area contributed by atoms with Crippen LogP contribution in [-0.2, 0) is 0 Å². The number of nitrogens with zero attached hydrogens (tertiary/aromatic N) is 2. The molecule has 3 rings (SSSR count). The summed E-state index contributed by atoms with van der Waals surface area (Å²) in [6.07, 6.45) is 1.29. The van der Waals surface area contributed by atoms with Crippen LogP contribution in [0, 0.1) is 0 Å². The fourth-order valence-corrected chi connectivity index (χ4v) is 2.56. The summed E-state index contributed by atoms with van der Waals surface area (Å²) in [5.74, 6) is -0.378. The van der Waals surface area contributed by atoms with Gasteiger partial charge >= 0.3 is 5.97 Å². The summed E-state index contributed by atoms with van der Waals surface area (Å²) in [6.45, 7) is 0. The van der Waals surface area contributed by atoms with Crippen LogP contribution >= 0.6 is 22.9 Å². The van der Waals surface area contributed by atoms with Gasteiger partial charge in [0, 0.05) is 6.20 Å². The van der Waals surface area contributed by atoms with E-state index < -0.39 is 5.97 Å². The van der Waals surface area contributed by atoms with Crippen molar-refractivity contribution in [3.63, 3.8) is 0 Å². The lowest BCUT2D eigenvalue weighted by atomic mass is 10.3. The number of carboxylic acid groups (broad SMARTS) is 1. The van der Waals surface area contributed by atoms with Crippen LogP contribution in [0.5, 0.6) is 0 Å². The Balaban J connectivity index is 2.13. The van der Waals surface area contributed by atoms with Crippen molar-refractivity contribution in [2.45, 2.75) is 0 Å². The highest BCUT2D eigenvalue weighted by atomic mass is 35.5. The summed E-state index contributed by atoms with van der Waals surface area (Å²) < 4.78 is 0.671. The average molecular weight is 280 g/mol. The zero-order valence-corrected chi connectivity index (χ0v) is 10.4. The Hall–Kier alpha value is -1.92. The van der Waals surface area contributed by atoms with Gasteiger partial charge in [-0.3, -0.25) is 0 Å². The van der Waals surface area contributed by atoms with Crippen LogP contribution in [0.15, 0.2) is 24.4 Å². The van der Waals surface area contributed by atoms with Gasteiger partial charge in [-0.15, -0.1) is 11.3 Å². The van der Waals surface area contributed by atoms with E-state index in [9.17, 15) is 4.79 Å². The second kappa shape index (κ2) is 4.08. The van der Waals surface area contributed by atoms with Crippen LogP contribution in [0.2, 0.25) is 4.34 Å². The topological polar surface area (TPSA) is 78.9 Å². The summed E-state index contributed by atoms with van der Waals surface area (Å²) >= 11 is 7.25. The number of nitrogens with one attached hydrogen (secondary N) is 1. The molecule has 0 aliphatic heterocycles. The summed E-state index contributed by atoms with van der Waals surface area (Å²) in [6, 6.07) is 5.14. The third kappa shape index (κ3) is 1.85. The number of aromatic carboxylic acids is 1. The zero-order valence-electron chi connectivity index (χ0n) is 8.85. The molecule has 0 fully saturated rings. The first-order valence-corrected chi connectivity index (χ1v) is 6.18. The summed E-state index contributed by atoms with van der Waals surface area (Å²) in [4.78, 5) is 23.0. The molecule has 18 heavy (non-hydrogen) atoms. The lowest BCUT2D eigenvalue weighted by Gasteiger charge is -1.91. The molecule has 0 amide bonds. The molecule has 0 saturated carbocycles. The average Bonchev–Trinajstić information content (AvgIpc) is 2.93. The molecule has 0 aromatic carbocycles. The largest absolute Gasteiger partial charge is 0.478 e. The Kier molecular flexibility index (Phi) is 2.53. The van der Waals surface area contributed by atoms with Crippen molar-refractivity contribution in [2.75, 3.05) is 0 Å². The Morgan fingerprint density at radius 3 is 2.94 bits per heavy atom. The van der Waals surface area contributed by atoms with E-state index >= 15 is 0 Å². The first-order valence-electron chi connectivity index (χ1n) is 4.98. The predicted octanol–water partition coefficient (Wildman–Crippen LogP) is 3.04. The molecule has 0 unspecified atom stereocenters. The number of fused-ring (bicyclic) bond motifs is 1. The van der Waals surface area contributed by atoms with Crippen LogP contribution in [-0.4, -0.2) is 26.0 Å². The standard InChI is InChI=1S/C11H6ClN3O2S/c12-8-2-1-7(18-8)10-14-6-3-5(11(16)17)4-13-9(6)15-10/h1-4H,(H,16,17)(H,13,14,15). The lowest BCUT2D eigenvalue weighted by molar-refractivity contribution is 0.0696. The van der Waals surface area contributed by atoms with Crippen LogP contribution in [0.1, 0.15) is 10.4 Å². The number of aromatic amines is 1. The van der Waals surface area contributed by atoms with E-state index in [1.54, 1.807) is 6.07 Å². The van der Waals surface area contributed by atoms with Gasteiger partial charge in [-0.05, 0) is 18.2 Å². The maximum absolute atomic E-state index is 10.8. The molecule has 3 heterocycles. The van der Waals surface area contributed by atoms with Gasteiger partial charge in [0.2, 0.25) is 0 Å². The number of carboxylic acids is 1. The van der Waals surface area contributed by atoms with Crippen LogP contribution in [0.3, 0.4) is 0 Å². The first-order chi connectivity index (χ1) is 8.63. The van der Waals surface area contributed by atoms with E-state index in [-0.39, 0.29) is 5.56 Å². The highest BCUT2D eigenvalue weighted by Crippen LogP contribution is 2.30. The number of halogens is 1. The van der Waals surface area contributed by atoms with Crippen molar-refractivity contribution in [1.82, 2.24) is 15.0 Å². The fraction of sp³-hybridized carbons (Fsp3) is 0. The van der Waals surface area contributed by atoms with Crippen LogP contribution < -0.4 is 0 Å². The number of aromatic nitrogens is 3. The predicted molar refractivity (Wildman–Crippen MR) is 69.2 cm³/mol. The quantitative estimate of drug-likeness (QED) is 0.756. The van der Waals surface area contributed by atoms with Gasteiger partial charge in [-0.2, -0.15) is 0 Å². The van der Waals surface area contributed by atoms with Crippen molar-refractivity contribution in [1.29, 1.82) is 0 Å². The molecule has 3 aromatic rings. The summed E-state index contributed by atoms with van der Waals surface area (Å²) in [5.41, 5.74) is 1.20. The van der Waals surface area contributed by atoms with Gasteiger partial charge in [0.15, 0.2) is 11.5 Å². The smallest absolute Gasteiger partial charge is 0.337 e. The SMILES string of the molecule is O=C(O)c1cnc2nc(-c3ccc(Cl)s3)[nH]c2c1. The van der Waals surface area contributed by atoms with Gasteiger partial charge in [0.05, 0.1) is 20.3 Å². The molecule has 0 spiro atoms. The number of thiophene rings is 1. The third-order valence-corrected chi connectivity index (χ3v) is 3.63. The molecular weight excluding hydrogens is 274 g/mol. The van der Waals surface area contributed by atoms with Gasteiger partial charge in [0.25, 0.3) is 0 Å². The Morgan fingerprint density at radius 1 is 1.44 bits per heavy atom. The molecule has 0 aliphatic carbocycles. The van der Waals surface area contributed by atoms with E-state index in [1.807, 2.05) is 6.07 Å². The number of hydrogen-bond donors (Lipinski definition) is 2. The number of hydrogen-bond acceptors (Lipinski definition) is 4. The second-order valence-electron chi connectivity index (χ2n) is 3.59. The normalized spacial score (nSPS) is 10.9. The molecule has 0 atom stereocenters. The highest BCUT2D eigenvalue weighted by Gasteiger charge is 2.11. The molecular formula is C11H6ClN3O2S. The van der Waals surface area contributed by atoms with Crippen molar-refractivity contribution < 1.29 is 9.90 Å². The monoisotopic (exact) mass is 279 g/mol. The molecule has 0 saturated heterocycles. The van der Waals surface area contributed by atoms with E-state index in [2.05, 4.69) is 15.0 Å². The molecule has 0 aliphatic rings. The van der Waals surface area contributed by atoms with Crippen LogP contribution in [0.25, 0.3) is 21.9 Å². The number of imidazole rings is 1. The van der Waals surface area contributed by atoms with Crippen molar-refractivity contribution in [3.05, 3.63) is 34.3 Å². The van der Waals surface area contributed by atoms with Crippen molar-refractivity contribution in [2.24, 2.45) is 0 Å². The van der Waals surface area contributed by atoms with Crippen LogP contribution in [0.4, 0.5) is 0 Å². The minimum absolute atomic E-state index is 0.127. The molecule has 5 nitrogen and oxygen atoms in total. The minimum Gasteiger partial charge on any atom is -0.478 e. The Morgan fingerprint density at radius 2 is 2.28 bits per heavy atom. The van der Waals surface area contributed by atoms with E-state index in [1.165, 1.54) is 23.6 Å². The number of rotatable bonds is 2. The Labute approximate surface area is 110 Å². The number of carbonyl (C=O) groups is 1. The second-order valence-corrected chi connectivity index (χ2v) is 5.30.